The maximum atomic E-state index is 11.5. The van der Waals surface area contributed by atoms with Gasteiger partial charge in [0.25, 0.3) is 0 Å². The molecule has 1 heterocycles. The molecule has 0 aliphatic rings. The number of hydrogen-bond acceptors (Lipinski definition) is 4. The van der Waals surface area contributed by atoms with Gasteiger partial charge in [-0.05, 0) is 41.3 Å². The van der Waals surface area contributed by atoms with E-state index in [1.807, 2.05) is 37.3 Å². The molecule has 0 fully saturated rings. The fourth-order valence-corrected chi connectivity index (χ4v) is 3.47. The summed E-state index contributed by atoms with van der Waals surface area (Å²) < 4.78 is 7.13. The van der Waals surface area contributed by atoms with Crippen molar-refractivity contribution in [1.29, 1.82) is 0 Å². The number of benzene rings is 2. The molecule has 1 N–H and O–H groups in total. The zero-order chi connectivity index (χ0) is 18.8. The van der Waals surface area contributed by atoms with Crippen LogP contribution in [0.1, 0.15) is 34.6 Å². The minimum Gasteiger partial charge on any atom is -0.494 e. The van der Waals surface area contributed by atoms with Crippen molar-refractivity contribution >= 4 is 28.6 Å². The van der Waals surface area contributed by atoms with Crippen LogP contribution in [0.15, 0.2) is 30.3 Å². The summed E-state index contributed by atoms with van der Waals surface area (Å²) in [4.78, 5) is 11.5. The van der Waals surface area contributed by atoms with Gasteiger partial charge >= 0.3 is 5.97 Å². The van der Waals surface area contributed by atoms with Crippen molar-refractivity contribution in [2.75, 3.05) is 7.11 Å². The van der Waals surface area contributed by atoms with Crippen LogP contribution in [0.5, 0.6) is 5.75 Å². The molecule has 0 aliphatic carbocycles. The molecule has 0 amide bonds. The van der Waals surface area contributed by atoms with E-state index >= 15 is 0 Å². The first kappa shape index (κ1) is 18.2. The van der Waals surface area contributed by atoms with Crippen LogP contribution in [-0.4, -0.2) is 33.2 Å². The second kappa shape index (κ2) is 7.33. The van der Waals surface area contributed by atoms with Crippen LogP contribution in [0.4, 0.5) is 0 Å². The molecule has 0 saturated carbocycles. The lowest BCUT2D eigenvalue weighted by Crippen LogP contribution is -2.09. The zero-order valence-electron chi connectivity index (χ0n) is 14.9. The van der Waals surface area contributed by atoms with Crippen LogP contribution in [0.25, 0.3) is 11.0 Å². The van der Waals surface area contributed by atoms with Gasteiger partial charge in [0, 0.05) is 18.8 Å². The number of aromatic nitrogens is 3. The lowest BCUT2D eigenvalue weighted by molar-refractivity contribution is -0.137. The van der Waals surface area contributed by atoms with Gasteiger partial charge in [-0.2, -0.15) is 0 Å². The Hall–Kier alpha value is -2.60. The van der Waals surface area contributed by atoms with E-state index in [1.165, 1.54) is 0 Å². The summed E-state index contributed by atoms with van der Waals surface area (Å²) in [5.74, 6) is -0.215. The topological polar surface area (TPSA) is 77.2 Å². The SMILES string of the molecule is COc1cc(C(CC(=O)O)c2ccc(C)c(CCl)c2)cc2nnn(C)c12. The van der Waals surface area contributed by atoms with E-state index < -0.39 is 5.97 Å². The number of nitrogens with zero attached hydrogens (tertiary/aromatic N) is 3. The number of hydrogen-bond donors (Lipinski definition) is 1. The van der Waals surface area contributed by atoms with Gasteiger partial charge in [-0.25, -0.2) is 4.68 Å². The minimum absolute atomic E-state index is 0.0420. The van der Waals surface area contributed by atoms with E-state index in [0.29, 0.717) is 17.1 Å². The molecule has 0 bridgehead atoms. The first-order valence-corrected chi connectivity index (χ1v) is 8.72. The molecule has 1 unspecified atom stereocenters. The monoisotopic (exact) mass is 373 g/mol. The predicted molar refractivity (Wildman–Crippen MR) is 99.9 cm³/mol. The highest BCUT2D eigenvalue weighted by Gasteiger charge is 2.22. The van der Waals surface area contributed by atoms with Crippen molar-refractivity contribution in [3.63, 3.8) is 0 Å². The van der Waals surface area contributed by atoms with Crippen molar-refractivity contribution in [3.8, 4) is 5.75 Å². The molecule has 0 radical (unpaired) electrons. The fraction of sp³-hybridized carbons (Fsp3) is 0.316. The van der Waals surface area contributed by atoms with Gasteiger partial charge in [0.2, 0.25) is 0 Å². The highest BCUT2D eigenvalue weighted by molar-refractivity contribution is 6.17. The number of rotatable bonds is 6. The van der Waals surface area contributed by atoms with Crippen molar-refractivity contribution < 1.29 is 14.6 Å². The number of alkyl halides is 1. The summed E-state index contributed by atoms with van der Waals surface area (Å²) in [7, 11) is 3.37. The van der Waals surface area contributed by atoms with Crippen molar-refractivity contribution in [2.24, 2.45) is 7.05 Å². The average Bonchev–Trinajstić information content (AvgIpc) is 3.00. The lowest BCUT2D eigenvalue weighted by atomic mass is 9.86. The Labute approximate surface area is 156 Å². The molecule has 3 rings (SSSR count). The first-order valence-electron chi connectivity index (χ1n) is 8.19. The third-order valence-corrected chi connectivity index (χ3v) is 4.90. The van der Waals surface area contributed by atoms with E-state index in [1.54, 1.807) is 18.8 Å². The average molecular weight is 374 g/mol. The Kier molecular flexibility index (Phi) is 5.13. The number of carboxylic acids is 1. The molecule has 0 spiro atoms. The summed E-state index contributed by atoms with van der Waals surface area (Å²) in [5.41, 5.74) is 5.24. The summed E-state index contributed by atoms with van der Waals surface area (Å²) in [6.07, 6.45) is -0.0420. The van der Waals surface area contributed by atoms with Crippen LogP contribution < -0.4 is 4.74 Å². The van der Waals surface area contributed by atoms with Crippen molar-refractivity contribution in [3.05, 3.63) is 52.6 Å². The first-order chi connectivity index (χ1) is 12.4. The number of aliphatic carboxylic acids is 1. The van der Waals surface area contributed by atoms with E-state index in [-0.39, 0.29) is 12.3 Å². The maximum Gasteiger partial charge on any atom is 0.304 e. The number of fused-ring (bicyclic) bond motifs is 1. The van der Waals surface area contributed by atoms with Gasteiger partial charge in [-0.3, -0.25) is 4.79 Å². The molecule has 26 heavy (non-hydrogen) atoms. The molecule has 0 aliphatic heterocycles. The molecule has 136 valence electrons. The van der Waals surface area contributed by atoms with Crippen LogP contribution in [0.3, 0.4) is 0 Å². The molecular formula is C19H20ClN3O3. The van der Waals surface area contributed by atoms with Gasteiger partial charge in [0.15, 0.2) is 0 Å². The quantitative estimate of drug-likeness (QED) is 0.667. The number of methoxy groups -OCH3 is 1. The van der Waals surface area contributed by atoms with Crippen molar-refractivity contribution in [2.45, 2.75) is 25.1 Å². The van der Waals surface area contributed by atoms with E-state index in [4.69, 9.17) is 16.3 Å². The van der Waals surface area contributed by atoms with Crippen LogP contribution in [0, 0.1) is 6.92 Å². The minimum atomic E-state index is -0.874. The number of ether oxygens (including phenoxy) is 1. The van der Waals surface area contributed by atoms with Gasteiger partial charge in [-0.1, -0.05) is 23.4 Å². The summed E-state index contributed by atoms with van der Waals surface area (Å²) in [6.45, 7) is 1.99. The summed E-state index contributed by atoms with van der Waals surface area (Å²) >= 11 is 6.03. The largest absolute Gasteiger partial charge is 0.494 e. The Morgan fingerprint density at radius 1 is 1.31 bits per heavy atom. The fourth-order valence-electron chi connectivity index (χ4n) is 3.19. The smallest absolute Gasteiger partial charge is 0.304 e. The highest BCUT2D eigenvalue weighted by Crippen LogP contribution is 2.35. The van der Waals surface area contributed by atoms with E-state index in [0.717, 1.165) is 27.8 Å². The Morgan fingerprint density at radius 3 is 2.73 bits per heavy atom. The number of aryl methyl sites for hydroxylation is 2. The maximum absolute atomic E-state index is 11.5. The number of carboxylic acid groups (broad SMARTS) is 1. The van der Waals surface area contributed by atoms with Gasteiger partial charge in [0.05, 0.1) is 13.5 Å². The molecule has 3 aromatic rings. The Bertz CT molecular complexity index is 968. The third kappa shape index (κ3) is 3.37. The summed E-state index contributed by atoms with van der Waals surface area (Å²) in [6, 6.07) is 9.63. The Balaban J connectivity index is 2.17. The molecule has 1 atom stereocenters. The summed E-state index contributed by atoms with van der Waals surface area (Å²) in [5, 5.41) is 17.6. The molecule has 0 saturated heterocycles. The second-order valence-electron chi connectivity index (χ2n) is 6.27. The molecule has 6 nitrogen and oxygen atoms in total. The van der Waals surface area contributed by atoms with Gasteiger partial charge in [0.1, 0.15) is 16.8 Å². The molecule has 2 aromatic carbocycles. The lowest BCUT2D eigenvalue weighted by Gasteiger charge is -2.19. The van der Waals surface area contributed by atoms with E-state index in [9.17, 15) is 9.90 Å². The van der Waals surface area contributed by atoms with Crippen molar-refractivity contribution in [1.82, 2.24) is 15.0 Å². The van der Waals surface area contributed by atoms with Crippen LogP contribution in [0.2, 0.25) is 0 Å². The zero-order valence-corrected chi connectivity index (χ0v) is 15.6. The number of halogens is 1. The predicted octanol–water partition coefficient (Wildman–Crippen LogP) is 3.63. The molecular weight excluding hydrogens is 354 g/mol. The van der Waals surface area contributed by atoms with Gasteiger partial charge < -0.3 is 9.84 Å². The Morgan fingerprint density at radius 2 is 2.08 bits per heavy atom. The molecule has 7 heteroatoms. The van der Waals surface area contributed by atoms with Crippen LogP contribution in [-0.2, 0) is 17.7 Å². The van der Waals surface area contributed by atoms with E-state index in [2.05, 4.69) is 10.3 Å². The number of carbonyl (C=O) groups is 1. The second-order valence-corrected chi connectivity index (χ2v) is 6.54. The van der Waals surface area contributed by atoms with Crippen LogP contribution >= 0.6 is 11.6 Å². The highest BCUT2D eigenvalue weighted by atomic mass is 35.5. The molecule has 1 aromatic heterocycles. The normalized spacial score (nSPS) is 12.3. The third-order valence-electron chi connectivity index (χ3n) is 4.61. The van der Waals surface area contributed by atoms with Gasteiger partial charge in [-0.15, -0.1) is 16.7 Å². The standard InChI is InChI=1S/C19H20ClN3O3/c1-11-4-5-12(6-14(11)10-20)15(9-18(24)25)13-7-16-19(17(8-13)26-3)23(2)22-21-16/h4-8,15H,9-10H2,1-3H3,(H,24,25).